The topological polar surface area (TPSA) is 88.3 Å². The third-order valence-corrected chi connectivity index (χ3v) is 5.66. The average molecular weight is 372 g/mol. The van der Waals surface area contributed by atoms with Gasteiger partial charge in [0.1, 0.15) is 0 Å². The normalized spacial score (nSPS) is 15.1. The molecule has 0 unspecified atom stereocenters. The smallest absolute Gasteiger partial charge is 0.253 e. The minimum Gasteiger partial charge on any atom is -0.375 e. The van der Waals surface area contributed by atoms with Gasteiger partial charge in [0.25, 0.3) is 5.91 Å². The molecular formula is C19H24N4O2S. The lowest BCUT2D eigenvalue weighted by molar-refractivity contribution is -0.121. The van der Waals surface area contributed by atoms with Crippen molar-refractivity contribution >= 4 is 28.3 Å². The molecule has 1 aliphatic heterocycles. The van der Waals surface area contributed by atoms with Crippen LogP contribution in [0.1, 0.15) is 39.3 Å². The van der Waals surface area contributed by atoms with E-state index in [2.05, 4.69) is 10.3 Å². The van der Waals surface area contributed by atoms with Crippen LogP contribution in [0.3, 0.4) is 0 Å². The summed E-state index contributed by atoms with van der Waals surface area (Å²) in [6.45, 7) is 5.18. The van der Waals surface area contributed by atoms with Crippen molar-refractivity contribution in [1.82, 2.24) is 15.2 Å². The van der Waals surface area contributed by atoms with Crippen molar-refractivity contribution in [3.05, 3.63) is 46.0 Å². The summed E-state index contributed by atoms with van der Waals surface area (Å²) in [5.74, 6) is 0.0468. The molecule has 1 saturated heterocycles. The molecule has 7 heteroatoms. The van der Waals surface area contributed by atoms with E-state index in [4.69, 9.17) is 5.73 Å². The maximum absolute atomic E-state index is 12.5. The molecule has 1 aliphatic rings. The first-order chi connectivity index (χ1) is 12.4. The minimum absolute atomic E-state index is 0.0138. The van der Waals surface area contributed by atoms with Crippen LogP contribution in [0, 0.1) is 13.8 Å². The molecule has 2 heterocycles. The van der Waals surface area contributed by atoms with E-state index < -0.39 is 0 Å². The van der Waals surface area contributed by atoms with E-state index >= 15 is 0 Å². The number of nitrogen functional groups attached to an aromatic ring is 1. The van der Waals surface area contributed by atoms with E-state index in [1.54, 1.807) is 0 Å². The van der Waals surface area contributed by atoms with E-state index in [1.807, 2.05) is 43.0 Å². The highest BCUT2D eigenvalue weighted by Gasteiger charge is 2.25. The summed E-state index contributed by atoms with van der Waals surface area (Å²) in [5, 5.41) is 3.57. The summed E-state index contributed by atoms with van der Waals surface area (Å²) in [4.78, 5) is 31.7. The number of nitrogens with two attached hydrogens (primary N) is 1. The Labute approximate surface area is 157 Å². The molecule has 6 nitrogen and oxygen atoms in total. The number of piperidine rings is 1. The Bertz CT molecular complexity index is 792. The molecule has 2 amide bonds. The molecule has 1 aromatic carbocycles. The van der Waals surface area contributed by atoms with Gasteiger partial charge in [-0.15, -0.1) is 11.3 Å². The van der Waals surface area contributed by atoms with E-state index in [9.17, 15) is 9.59 Å². The maximum atomic E-state index is 12.5. The van der Waals surface area contributed by atoms with Crippen LogP contribution in [0.15, 0.2) is 24.3 Å². The van der Waals surface area contributed by atoms with Gasteiger partial charge in [0, 0.05) is 29.6 Å². The van der Waals surface area contributed by atoms with Crippen molar-refractivity contribution in [2.45, 2.75) is 39.2 Å². The van der Waals surface area contributed by atoms with Crippen LogP contribution in [0.5, 0.6) is 0 Å². The predicted molar refractivity (Wildman–Crippen MR) is 103 cm³/mol. The van der Waals surface area contributed by atoms with Crippen LogP contribution < -0.4 is 11.1 Å². The fourth-order valence-corrected chi connectivity index (χ4v) is 3.98. The summed E-state index contributed by atoms with van der Waals surface area (Å²) in [6.07, 6.45) is 1.85. The third-order valence-electron chi connectivity index (χ3n) is 4.68. The zero-order chi connectivity index (χ0) is 18.7. The molecule has 2 aromatic rings. The number of carbonyl (C=O) groups excluding carboxylic acids is 2. The van der Waals surface area contributed by atoms with E-state index in [0.717, 1.165) is 34.5 Å². The minimum atomic E-state index is -0.0138. The van der Waals surface area contributed by atoms with Crippen LogP contribution in [0.25, 0.3) is 0 Å². The van der Waals surface area contributed by atoms with Crippen molar-refractivity contribution in [2.24, 2.45) is 0 Å². The summed E-state index contributed by atoms with van der Waals surface area (Å²) in [7, 11) is 0. The highest BCUT2D eigenvalue weighted by Crippen LogP contribution is 2.20. The second-order valence-corrected chi connectivity index (χ2v) is 7.85. The van der Waals surface area contributed by atoms with Gasteiger partial charge in [-0.2, -0.15) is 0 Å². The largest absolute Gasteiger partial charge is 0.375 e. The van der Waals surface area contributed by atoms with Crippen LogP contribution in [0.4, 0.5) is 5.13 Å². The van der Waals surface area contributed by atoms with Gasteiger partial charge in [-0.1, -0.05) is 17.7 Å². The molecule has 0 aliphatic carbocycles. The van der Waals surface area contributed by atoms with Gasteiger partial charge in [-0.05, 0) is 38.8 Å². The fourth-order valence-electron chi connectivity index (χ4n) is 3.14. The highest BCUT2D eigenvalue weighted by molar-refractivity contribution is 7.15. The number of aromatic nitrogens is 1. The Hall–Kier alpha value is -2.41. The molecule has 3 N–H and O–H groups in total. The average Bonchev–Trinajstić information content (AvgIpc) is 2.92. The van der Waals surface area contributed by atoms with Crippen molar-refractivity contribution in [1.29, 1.82) is 0 Å². The van der Waals surface area contributed by atoms with Crippen LogP contribution in [0.2, 0.25) is 0 Å². The summed E-state index contributed by atoms with van der Waals surface area (Å²) in [6, 6.07) is 7.75. The molecule has 3 rings (SSSR count). The number of anilines is 1. The second kappa shape index (κ2) is 7.86. The zero-order valence-corrected chi connectivity index (χ0v) is 15.9. The molecule has 0 atom stereocenters. The van der Waals surface area contributed by atoms with Gasteiger partial charge in [0.05, 0.1) is 12.1 Å². The fraction of sp³-hybridized carbons (Fsp3) is 0.421. The van der Waals surface area contributed by atoms with Crippen LogP contribution in [-0.4, -0.2) is 40.8 Å². The number of rotatable bonds is 4. The van der Waals surface area contributed by atoms with Gasteiger partial charge in [0.2, 0.25) is 5.91 Å². The summed E-state index contributed by atoms with van der Waals surface area (Å²) < 4.78 is 0. The lowest BCUT2D eigenvalue weighted by atomic mass is 10.0. The first-order valence-corrected chi connectivity index (χ1v) is 9.61. The molecule has 0 radical (unpaired) electrons. The Kier molecular flexibility index (Phi) is 5.56. The zero-order valence-electron chi connectivity index (χ0n) is 15.1. The molecule has 26 heavy (non-hydrogen) atoms. The molecule has 1 fully saturated rings. The first kappa shape index (κ1) is 18.4. The number of hydrogen-bond acceptors (Lipinski definition) is 5. The molecule has 1 aromatic heterocycles. The molecular weight excluding hydrogens is 348 g/mol. The number of aryl methyl sites for hydroxylation is 2. The summed E-state index contributed by atoms with van der Waals surface area (Å²) in [5.41, 5.74) is 8.36. The van der Waals surface area contributed by atoms with Crippen molar-refractivity contribution in [3.63, 3.8) is 0 Å². The number of nitrogens with zero attached hydrogens (tertiary/aromatic N) is 2. The Morgan fingerprint density at radius 1 is 1.23 bits per heavy atom. The van der Waals surface area contributed by atoms with Crippen molar-refractivity contribution < 1.29 is 9.59 Å². The Morgan fingerprint density at radius 3 is 2.46 bits per heavy atom. The Balaban J connectivity index is 1.49. The SMILES string of the molecule is Cc1ccc(C(=O)N2CCC(NC(=O)Cc3sc(N)nc3C)CC2)cc1. The van der Waals surface area contributed by atoms with Gasteiger partial charge in [-0.25, -0.2) is 4.98 Å². The highest BCUT2D eigenvalue weighted by atomic mass is 32.1. The van der Waals surface area contributed by atoms with Gasteiger partial charge in [0.15, 0.2) is 5.13 Å². The van der Waals surface area contributed by atoms with Gasteiger partial charge in [-0.3, -0.25) is 9.59 Å². The van der Waals surface area contributed by atoms with Gasteiger partial charge >= 0.3 is 0 Å². The third kappa shape index (κ3) is 4.40. The number of hydrogen-bond donors (Lipinski definition) is 2. The molecule has 0 saturated carbocycles. The van der Waals surface area contributed by atoms with E-state index in [-0.39, 0.29) is 17.9 Å². The standard InChI is InChI=1S/C19H24N4O2S/c1-12-3-5-14(6-4-12)18(25)23-9-7-15(8-10-23)22-17(24)11-16-13(2)21-19(20)26-16/h3-6,15H,7-11H2,1-2H3,(H2,20,21)(H,22,24). The van der Waals surface area contributed by atoms with Crippen LogP contribution >= 0.6 is 11.3 Å². The number of nitrogens with one attached hydrogen (secondary N) is 1. The lowest BCUT2D eigenvalue weighted by Crippen LogP contribution is -2.46. The van der Waals surface area contributed by atoms with E-state index in [0.29, 0.717) is 24.6 Å². The van der Waals surface area contributed by atoms with Crippen molar-refractivity contribution in [3.8, 4) is 0 Å². The Morgan fingerprint density at radius 2 is 1.88 bits per heavy atom. The van der Waals surface area contributed by atoms with E-state index in [1.165, 1.54) is 11.3 Å². The second-order valence-electron chi connectivity index (χ2n) is 6.74. The maximum Gasteiger partial charge on any atom is 0.253 e. The quantitative estimate of drug-likeness (QED) is 0.862. The van der Waals surface area contributed by atoms with Gasteiger partial charge < -0.3 is 16.0 Å². The van der Waals surface area contributed by atoms with Crippen molar-refractivity contribution in [2.75, 3.05) is 18.8 Å². The number of likely N-dealkylation sites (tertiary alicyclic amines) is 1. The number of benzene rings is 1. The molecule has 138 valence electrons. The number of carbonyl (C=O) groups is 2. The number of thiazole rings is 1. The van der Waals surface area contributed by atoms with Crippen LogP contribution in [-0.2, 0) is 11.2 Å². The molecule has 0 bridgehead atoms. The first-order valence-electron chi connectivity index (χ1n) is 8.79. The summed E-state index contributed by atoms with van der Waals surface area (Å²) >= 11 is 1.36. The monoisotopic (exact) mass is 372 g/mol. The lowest BCUT2D eigenvalue weighted by Gasteiger charge is -2.32. The molecule has 0 spiro atoms. The number of amides is 2. The predicted octanol–water partition coefficient (Wildman–Crippen LogP) is 2.31.